The second-order valence-electron chi connectivity index (χ2n) is 5.80. The molecule has 1 aliphatic carbocycles. The van der Waals surface area contributed by atoms with Crippen molar-refractivity contribution in [1.29, 1.82) is 5.26 Å². The van der Waals surface area contributed by atoms with Crippen LogP contribution in [0.15, 0.2) is 12.1 Å². The zero-order chi connectivity index (χ0) is 16.1. The van der Waals surface area contributed by atoms with Crippen LogP contribution in [0.3, 0.4) is 0 Å². The standard InChI is InChI=1S/C17H19F2NO2/c1-2-3-11-4-6-12(7-5-11)17(21)22-13-8-15(18)14(10-20)16(19)9-13/h8-9,11-12H,2-7H2,1H3. The topological polar surface area (TPSA) is 50.1 Å². The molecule has 0 aliphatic heterocycles. The molecule has 0 aromatic heterocycles. The van der Waals surface area contributed by atoms with Gasteiger partial charge in [-0.15, -0.1) is 0 Å². The van der Waals surface area contributed by atoms with Gasteiger partial charge in [-0.3, -0.25) is 4.79 Å². The molecule has 0 heterocycles. The minimum absolute atomic E-state index is 0.185. The fraction of sp³-hybridized carbons (Fsp3) is 0.529. The summed E-state index contributed by atoms with van der Waals surface area (Å²) in [5.74, 6) is -2.21. The summed E-state index contributed by atoms with van der Waals surface area (Å²) >= 11 is 0. The molecule has 1 fully saturated rings. The van der Waals surface area contributed by atoms with Crippen molar-refractivity contribution in [3.63, 3.8) is 0 Å². The normalized spacial score (nSPS) is 21.2. The molecule has 5 heteroatoms. The number of nitriles is 1. The smallest absolute Gasteiger partial charge is 0.314 e. The first-order chi connectivity index (χ1) is 10.5. The lowest BCUT2D eigenvalue weighted by molar-refractivity contribution is -0.140. The first-order valence-electron chi connectivity index (χ1n) is 7.66. The van der Waals surface area contributed by atoms with Crippen LogP contribution in [0, 0.1) is 34.8 Å². The lowest BCUT2D eigenvalue weighted by Crippen LogP contribution is -2.25. The fourth-order valence-electron chi connectivity index (χ4n) is 3.01. The third kappa shape index (κ3) is 3.82. The average molecular weight is 307 g/mol. The van der Waals surface area contributed by atoms with Crippen LogP contribution < -0.4 is 4.74 Å². The maximum absolute atomic E-state index is 13.5. The largest absolute Gasteiger partial charge is 0.426 e. The van der Waals surface area contributed by atoms with Crippen molar-refractivity contribution in [2.45, 2.75) is 45.4 Å². The molecule has 3 nitrogen and oxygen atoms in total. The van der Waals surface area contributed by atoms with Gasteiger partial charge in [0.2, 0.25) is 0 Å². The van der Waals surface area contributed by atoms with E-state index in [4.69, 9.17) is 10.00 Å². The van der Waals surface area contributed by atoms with Crippen molar-refractivity contribution >= 4 is 5.97 Å². The molecule has 2 rings (SSSR count). The molecule has 118 valence electrons. The van der Waals surface area contributed by atoms with Gasteiger partial charge in [-0.2, -0.15) is 5.26 Å². The summed E-state index contributed by atoms with van der Waals surface area (Å²) in [6.45, 7) is 2.15. The Balaban J connectivity index is 1.97. The Labute approximate surface area is 128 Å². The summed E-state index contributed by atoms with van der Waals surface area (Å²) in [6.07, 6.45) is 5.81. The van der Waals surface area contributed by atoms with E-state index in [1.54, 1.807) is 0 Å². The Hall–Kier alpha value is -1.96. The molecule has 0 saturated heterocycles. The van der Waals surface area contributed by atoms with Gasteiger partial charge in [0.15, 0.2) is 0 Å². The van der Waals surface area contributed by atoms with Gasteiger partial charge in [0.1, 0.15) is 29.0 Å². The summed E-state index contributed by atoms with van der Waals surface area (Å²) in [5, 5.41) is 8.61. The first-order valence-corrected chi connectivity index (χ1v) is 7.66. The van der Waals surface area contributed by atoms with Crippen LogP contribution in [0.25, 0.3) is 0 Å². The number of hydrogen-bond acceptors (Lipinski definition) is 3. The van der Waals surface area contributed by atoms with Crippen molar-refractivity contribution in [1.82, 2.24) is 0 Å². The van der Waals surface area contributed by atoms with Gasteiger partial charge in [0, 0.05) is 12.1 Å². The van der Waals surface area contributed by atoms with Crippen LogP contribution in [-0.2, 0) is 4.79 Å². The SMILES string of the molecule is CCCC1CCC(C(=O)Oc2cc(F)c(C#N)c(F)c2)CC1. The van der Waals surface area contributed by atoms with Crippen LogP contribution in [0.1, 0.15) is 51.0 Å². The zero-order valence-corrected chi connectivity index (χ0v) is 12.6. The minimum Gasteiger partial charge on any atom is -0.426 e. The van der Waals surface area contributed by atoms with Crippen LogP contribution in [0.5, 0.6) is 5.75 Å². The van der Waals surface area contributed by atoms with E-state index in [1.807, 2.05) is 0 Å². The Morgan fingerprint density at radius 3 is 2.36 bits per heavy atom. The highest BCUT2D eigenvalue weighted by molar-refractivity contribution is 5.75. The highest BCUT2D eigenvalue weighted by Crippen LogP contribution is 2.32. The Bertz CT molecular complexity index is 564. The van der Waals surface area contributed by atoms with E-state index in [0.717, 1.165) is 44.2 Å². The summed E-state index contributed by atoms with van der Waals surface area (Å²) in [5.41, 5.74) is -0.667. The van der Waals surface area contributed by atoms with Crippen molar-refractivity contribution in [3.05, 3.63) is 29.3 Å². The summed E-state index contributed by atoms with van der Waals surface area (Å²) in [6, 6.07) is 3.19. The molecule has 0 spiro atoms. The van der Waals surface area contributed by atoms with Crippen molar-refractivity contribution in [3.8, 4) is 11.8 Å². The van der Waals surface area contributed by atoms with Crippen molar-refractivity contribution in [2.75, 3.05) is 0 Å². The lowest BCUT2D eigenvalue weighted by atomic mass is 9.80. The molecular formula is C17H19F2NO2. The number of rotatable bonds is 4. The number of esters is 1. The first kappa shape index (κ1) is 16.4. The monoisotopic (exact) mass is 307 g/mol. The van der Waals surface area contributed by atoms with E-state index in [1.165, 1.54) is 12.5 Å². The molecule has 0 atom stereocenters. The summed E-state index contributed by atoms with van der Waals surface area (Å²) < 4.78 is 32.1. The van der Waals surface area contributed by atoms with Crippen molar-refractivity contribution in [2.24, 2.45) is 11.8 Å². The number of halogens is 2. The van der Waals surface area contributed by atoms with Crippen LogP contribution in [-0.4, -0.2) is 5.97 Å². The highest BCUT2D eigenvalue weighted by Gasteiger charge is 2.27. The molecule has 1 aromatic rings. The predicted molar refractivity (Wildman–Crippen MR) is 77.1 cm³/mol. The van der Waals surface area contributed by atoms with E-state index in [-0.39, 0.29) is 11.7 Å². The van der Waals surface area contributed by atoms with Gasteiger partial charge >= 0.3 is 5.97 Å². The molecule has 0 unspecified atom stereocenters. The van der Waals surface area contributed by atoms with Gasteiger partial charge in [0.25, 0.3) is 0 Å². The van der Waals surface area contributed by atoms with Crippen LogP contribution >= 0.6 is 0 Å². The third-order valence-electron chi connectivity index (χ3n) is 4.22. The van der Waals surface area contributed by atoms with E-state index in [2.05, 4.69) is 6.92 Å². The summed E-state index contributed by atoms with van der Waals surface area (Å²) in [7, 11) is 0. The number of carbonyl (C=O) groups excluding carboxylic acids is 1. The molecule has 1 aromatic carbocycles. The molecule has 0 N–H and O–H groups in total. The summed E-state index contributed by atoms with van der Waals surface area (Å²) in [4.78, 5) is 12.1. The molecule has 0 bridgehead atoms. The predicted octanol–water partition coefficient (Wildman–Crippen LogP) is 4.35. The number of benzene rings is 1. The molecule has 1 aliphatic rings. The lowest BCUT2D eigenvalue weighted by Gasteiger charge is -2.26. The van der Waals surface area contributed by atoms with Gasteiger partial charge in [-0.25, -0.2) is 8.78 Å². The molecular weight excluding hydrogens is 288 g/mol. The quantitative estimate of drug-likeness (QED) is 0.614. The fourth-order valence-corrected chi connectivity index (χ4v) is 3.01. The average Bonchev–Trinajstić information content (AvgIpc) is 2.48. The number of carbonyl (C=O) groups is 1. The van der Waals surface area contributed by atoms with Crippen LogP contribution in [0.2, 0.25) is 0 Å². The molecule has 0 radical (unpaired) electrons. The second kappa shape index (κ2) is 7.35. The molecule has 0 amide bonds. The van der Waals surface area contributed by atoms with E-state index in [9.17, 15) is 13.6 Å². The highest BCUT2D eigenvalue weighted by atomic mass is 19.1. The zero-order valence-electron chi connectivity index (χ0n) is 12.6. The van der Waals surface area contributed by atoms with Gasteiger partial charge < -0.3 is 4.74 Å². The maximum Gasteiger partial charge on any atom is 0.314 e. The van der Waals surface area contributed by atoms with E-state index in [0.29, 0.717) is 5.92 Å². The molecule has 1 saturated carbocycles. The van der Waals surface area contributed by atoms with Gasteiger partial charge in [0.05, 0.1) is 5.92 Å². The van der Waals surface area contributed by atoms with Gasteiger partial charge in [-0.05, 0) is 31.6 Å². The number of nitrogens with zero attached hydrogens (tertiary/aromatic N) is 1. The Kier molecular flexibility index (Phi) is 5.48. The second-order valence-corrected chi connectivity index (χ2v) is 5.80. The van der Waals surface area contributed by atoms with Crippen LogP contribution in [0.4, 0.5) is 8.78 Å². The third-order valence-corrected chi connectivity index (χ3v) is 4.22. The Morgan fingerprint density at radius 2 is 1.86 bits per heavy atom. The van der Waals surface area contributed by atoms with Crippen molar-refractivity contribution < 1.29 is 18.3 Å². The number of hydrogen-bond donors (Lipinski definition) is 0. The Morgan fingerprint density at radius 1 is 1.27 bits per heavy atom. The van der Waals surface area contributed by atoms with E-state index < -0.39 is 23.2 Å². The maximum atomic E-state index is 13.5. The van der Waals surface area contributed by atoms with E-state index >= 15 is 0 Å². The van der Waals surface area contributed by atoms with Gasteiger partial charge in [-0.1, -0.05) is 19.8 Å². The molecule has 22 heavy (non-hydrogen) atoms. The number of ether oxygens (including phenoxy) is 1. The minimum atomic E-state index is -1.02.